The van der Waals surface area contributed by atoms with Gasteiger partial charge in [-0.05, 0) is 50.4 Å². The summed E-state index contributed by atoms with van der Waals surface area (Å²) in [4.78, 5) is 12.9. The van der Waals surface area contributed by atoms with Crippen molar-refractivity contribution in [3.05, 3.63) is 0 Å². The molecule has 0 saturated heterocycles. The Kier molecular flexibility index (Phi) is 11.3. The van der Waals surface area contributed by atoms with E-state index in [4.69, 9.17) is 8.85 Å². The number of rotatable bonds is 13. The minimum absolute atomic E-state index is 0.0337. The molecule has 1 aliphatic rings. The quantitative estimate of drug-likeness (QED) is 0.359. The average Bonchev–Trinajstić information content (AvgIpc) is 3.12. The summed E-state index contributed by atoms with van der Waals surface area (Å²) in [5, 5.41) is 0. The maximum atomic E-state index is 12.9. The first kappa shape index (κ1) is 22.9. The second-order valence-electron chi connectivity index (χ2n) is 8.09. The van der Waals surface area contributed by atoms with Gasteiger partial charge in [0.05, 0.1) is 5.92 Å². The SMILES string of the molecule is CCCC[Si](CCCC)(OC(=O)C(C)C[Si]OC(C)C)C1CCCC1. The van der Waals surface area contributed by atoms with Crippen LogP contribution >= 0.6 is 0 Å². The lowest BCUT2D eigenvalue weighted by Crippen LogP contribution is -2.45. The molecule has 1 fully saturated rings. The van der Waals surface area contributed by atoms with Crippen LogP contribution in [-0.4, -0.2) is 30.2 Å². The lowest BCUT2D eigenvalue weighted by molar-refractivity contribution is -0.139. The van der Waals surface area contributed by atoms with Crippen molar-refractivity contribution in [1.82, 2.24) is 0 Å². The van der Waals surface area contributed by atoms with Crippen molar-refractivity contribution in [3.63, 3.8) is 0 Å². The summed E-state index contributed by atoms with van der Waals surface area (Å²) in [5.74, 6) is 0.0271. The van der Waals surface area contributed by atoms with Crippen LogP contribution in [0, 0.1) is 5.92 Å². The molecule has 0 aromatic heterocycles. The predicted molar refractivity (Wildman–Crippen MR) is 109 cm³/mol. The van der Waals surface area contributed by atoms with Gasteiger partial charge < -0.3 is 8.85 Å². The first-order chi connectivity index (χ1) is 11.9. The molecule has 1 unspecified atom stereocenters. The molecule has 146 valence electrons. The first-order valence-electron chi connectivity index (χ1n) is 10.6. The van der Waals surface area contributed by atoms with E-state index < -0.39 is 8.32 Å². The van der Waals surface area contributed by atoms with Crippen LogP contribution in [0.3, 0.4) is 0 Å². The summed E-state index contributed by atoms with van der Waals surface area (Å²) in [6, 6.07) is 3.16. The van der Waals surface area contributed by atoms with E-state index in [9.17, 15) is 4.79 Å². The van der Waals surface area contributed by atoms with Gasteiger partial charge in [0, 0.05) is 6.10 Å². The molecule has 0 bridgehead atoms. The Labute approximate surface area is 159 Å². The minimum atomic E-state index is -1.98. The van der Waals surface area contributed by atoms with Crippen LogP contribution in [0.2, 0.25) is 23.7 Å². The zero-order valence-electron chi connectivity index (χ0n) is 17.2. The lowest BCUT2D eigenvalue weighted by Gasteiger charge is -2.37. The normalized spacial score (nSPS) is 17.2. The zero-order valence-corrected chi connectivity index (χ0v) is 19.2. The fourth-order valence-electron chi connectivity index (χ4n) is 3.85. The van der Waals surface area contributed by atoms with Crippen LogP contribution in [-0.2, 0) is 13.6 Å². The largest absolute Gasteiger partial charge is 0.519 e. The van der Waals surface area contributed by atoms with E-state index >= 15 is 0 Å². The van der Waals surface area contributed by atoms with Crippen molar-refractivity contribution in [1.29, 1.82) is 0 Å². The molecule has 0 aliphatic heterocycles. The third kappa shape index (κ3) is 7.96. The van der Waals surface area contributed by atoms with Gasteiger partial charge in [0.1, 0.15) is 0 Å². The summed E-state index contributed by atoms with van der Waals surface area (Å²) in [5.41, 5.74) is 0.705. The van der Waals surface area contributed by atoms with E-state index in [1.807, 2.05) is 20.8 Å². The number of hydrogen-bond acceptors (Lipinski definition) is 3. The lowest BCUT2D eigenvalue weighted by atomic mass is 10.2. The van der Waals surface area contributed by atoms with Crippen molar-refractivity contribution < 1.29 is 13.6 Å². The topological polar surface area (TPSA) is 35.5 Å². The summed E-state index contributed by atoms with van der Waals surface area (Å²) < 4.78 is 12.1. The number of hydrogen-bond donors (Lipinski definition) is 0. The molecule has 0 aromatic carbocycles. The highest BCUT2D eigenvalue weighted by Crippen LogP contribution is 2.45. The third-order valence-electron chi connectivity index (χ3n) is 5.42. The van der Waals surface area contributed by atoms with Gasteiger partial charge in [-0.25, -0.2) is 0 Å². The Morgan fingerprint density at radius 3 is 2.12 bits per heavy atom. The molecule has 5 heteroatoms. The van der Waals surface area contributed by atoms with Gasteiger partial charge in [0.25, 0.3) is 14.3 Å². The second kappa shape index (κ2) is 12.3. The average molecular weight is 385 g/mol. The smallest absolute Gasteiger partial charge is 0.295 e. The molecule has 0 amide bonds. The van der Waals surface area contributed by atoms with Gasteiger partial charge in [-0.2, -0.15) is 0 Å². The van der Waals surface area contributed by atoms with Gasteiger partial charge >= 0.3 is 0 Å². The molecule has 0 spiro atoms. The Bertz CT molecular complexity index is 360. The van der Waals surface area contributed by atoms with Gasteiger partial charge in [-0.3, -0.25) is 4.79 Å². The first-order valence-corrected chi connectivity index (χ1v) is 14.1. The highest BCUT2D eigenvalue weighted by Gasteiger charge is 2.46. The van der Waals surface area contributed by atoms with Gasteiger partial charge in [0.2, 0.25) is 9.76 Å². The van der Waals surface area contributed by atoms with Gasteiger partial charge in [-0.1, -0.05) is 59.3 Å². The molecule has 0 aromatic rings. The summed E-state index contributed by atoms with van der Waals surface area (Å²) in [6.07, 6.45) is 10.3. The van der Waals surface area contributed by atoms with E-state index in [0.29, 0.717) is 15.3 Å². The van der Waals surface area contributed by atoms with Crippen LogP contribution in [0.15, 0.2) is 0 Å². The van der Waals surface area contributed by atoms with Crippen LogP contribution in [0.25, 0.3) is 0 Å². The minimum Gasteiger partial charge on any atom is -0.519 e. The highest BCUT2D eigenvalue weighted by molar-refractivity contribution is 6.76. The molecule has 1 rings (SSSR count). The van der Waals surface area contributed by atoms with E-state index in [1.54, 1.807) is 0 Å². The highest BCUT2D eigenvalue weighted by atomic mass is 28.4. The van der Waals surface area contributed by atoms with Gasteiger partial charge in [-0.15, -0.1) is 0 Å². The number of carbonyl (C=O) groups is 1. The van der Waals surface area contributed by atoms with Crippen LogP contribution < -0.4 is 0 Å². The van der Waals surface area contributed by atoms with Crippen LogP contribution in [0.4, 0.5) is 0 Å². The van der Waals surface area contributed by atoms with E-state index in [1.165, 1.54) is 63.5 Å². The van der Waals surface area contributed by atoms with Gasteiger partial charge in [0.15, 0.2) is 0 Å². The summed E-state index contributed by atoms with van der Waals surface area (Å²) in [7, 11) is -1.58. The van der Waals surface area contributed by atoms with E-state index in [0.717, 1.165) is 6.04 Å². The predicted octanol–water partition coefficient (Wildman–Crippen LogP) is 6.12. The monoisotopic (exact) mass is 384 g/mol. The zero-order chi connectivity index (χ0) is 18.7. The standard InChI is InChI=1S/C20H40O3Si2/c1-6-8-14-25(15-9-7-2,19-12-10-11-13-19)23-20(21)18(5)16-24-22-17(3)4/h17-19H,6-16H2,1-5H3. The molecule has 3 nitrogen and oxygen atoms in total. The fourth-order valence-corrected chi connectivity index (χ4v) is 10.1. The molecular weight excluding hydrogens is 344 g/mol. The molecule has 1 saturated carbocycles. The Morgan fingerprint density at radius 2 is 1.64 bits per heavy atom. The number of unbranched alkanes of at least 4 members (excludes halogenated alkanes) is 2. The summed E-state index contributed by atoms with van der Waals surface area (Å²) in [6.45, 7) is 10.6. The summed E-state index contributed by atoms with van der Waals surface area (Å²) >= 11 is 0. The number of carbonyl (C=O) groups excluding carboxylic acids is 1. The van der Waals surface area contributed by atoms with Crippen molar-refractivity contribution in [3.8, 4) is 0 Å². The molecule has 1 aliphatic carbocycles. The van der Waals surface area contributed by atoms with Crippen molar-refractivity contribution >= 4 is 24.0 Å². The molecule has 0 heterocycles. The third-order valence-corrected chi connectivity index (χ3v) is 11.9. The Balaban J connectivity index is 2.76. The maximum absolute atomic E-state index is 12.9. The van der Waals surface area contributed by atoms with E-state index in [-0.39, 0.29) is 18.0 Å². The molecular formula is C20H40O3Si2. The Morgan fingerprint density at radius 1 is 1.08 bits per heavy atom. The van der Waals surface area contributed by atoms with Crippen LogP contribution in [0.1, 0.15) is 86.0 Å². The van der Waals surface area contributed by atoms with Crippen LogP contribution in [0.5, 0.6) is 0 Å². The molecule has 0 N–H and O–H groups in total. The second-order valence-corrected chi connectivity index (χ2v) is 13.2. The molecule has 25 heavy (non-hydrogen) atoms. The molecule has 2 radical (unpaired) electrons. The maximum Gasteiger partial charge on any atom is 0.295 e. The van der Waals surface area contributed by atoms with Crippen molar-refractivity contribution in [2.45, 2.75) is 116 Å². The Hall–Kier alpha value is -0.136. The van der Waals surface area contributed by atoms with Crippen molar-refractivity contribution in [2.24, 2.45) is 5.92 Å². The molecule has 1 atom stereocenters. The fraction of sp³-hybridized carbons (Fsp3) is 0.950. The van der Waals surface area contributed by atoms with E-state index in [2.05, 4.69) is 13.8 Å². The van der Waals surface area contributed by atoms with Crippen molar-refractivity contribution in [2.75, 3.05) is 0 Å².